The molecular formula is C12H21N3O4. The van der Waals surface area contributed by atoms with E-state index >= 15 is 0 Å². The maximum absolute atomic E-state index is 12.0. The summed E-state index contributed by atoms with van der Waals surface area (Å²) in [6.45, 7) is 3.79. The molecule has 0 aromatic rings. The highest BCUT2D eigenvalue weighted by molar-refractivity contribution is 5.80. The van der Waals surface area contributed by atoms with E-state index in [0.717, 1.165) is 6.42 Å². The van der Waals surface area contributed by atoms with E-state index in [9.17, 15) is 14.4 Å². The van der Waals surface area contributed by atoms with Crippen LogP contribution in [0.2, 0.25) is 0 Å². The summed E-state index contributed by atoms with van der Waals surface area (Å²) in [4.78, 5) is 35.4. The van der Waals surface area contributed by atoms with Crippen LogP contribution >= 0.6 is 0 Å². The lowest BCUT2D eigenvalue weighted by atomic mass is 9.93. The average molecular weight is 271 g/mol. The highest BCUT2D eigenvalue weighted by atomic mass is 16.4. The molecule has 4 N–H and O–H groups in total. The van der Waals surface area contributed by atoms with Gasteiger partial charge >= 0.3 is 12.0 Å². The molecule has 3 unspecified atom stereocenters. The molecule has 0 aromatic heterocycles. The van der Waals surface area contributed by atoms with Gasteiger partial charge in [0.05, 0.1) is 11.8 Å². The smallest absolute Gasteiger partial charge is 0.317 e. The Labute approximate surface area is 112 Å². The molecule has 1 aliphatic heterocycles. The van der Waals surface area contributed by atoms with Crippen LogP contribution in [-0.2, 0) is 9.59 Å². The van der Waals surface area contributed by atoms with Gasteiger partial charge in [0.2, 0.25) is 5.91 Å². The molecule has 1 saturated heterocycles. The zero-order chi connectivity index (χ0) is 14.6. The Kier molecular flexibility index (Phi) is 5.14. The Morgan fingerprint density at radius 1 is 1.42 bits per heavy atom. The molecule has 1 aliphatic rings. The Balaban J connectivity index is 2.54. The van der Waals surface area contributed by atoms with Crippen molar-refractivity contribution in [2.45, 2.75) is 32.7 Å². The highest BCUT2D eigenvalue weighted by Gasteiger charge is 2.31. The van der Waals surface area contributed by atoms with E-state index < -0.39 is 17.8 Å². The molecule has 0 radical (unpaired) electrons. The molecule has 19 heavy (non-hydrogen) atoms. The van der Waals surface area contributed by atoms with Crippen molar-refractivity contribution in [2.24, 2.45) is 17.6 Å². The summed E-state index contributed by atoms with van der Waals surface area (Å²) < 4.78 is 0. The minimum atomic E-state index is -0.956. The van der Waals surface area contributed by atoms with Crippen LogP contribution in [0.15, 0.2) is 0 Å². The molecule has 0 aromatic carbocycles. The summed E-state index contributed by atoms with van der Waals surface area (Å²) in [5.41, 5.74) is 5.26. The lowest BCUT2D eigenvalue weighted by Gasteiger charge is -2.36. The van der Waals surface area contributed by atoms with Crippen LogP contribution < -0.4 is 11.1 Å². The monoisotopic (exact) mass is 271 g/mol. The highest BCUT2D eigenvalue weighted by Crippen LogP contribution is 2.21. The maximum atomic E-state index is 12.0. The largest absolute Gasteiger partial charge is 0.481 e. The molecule has 7 heteroatoms. The van der Waals surface area contributed by atoms with Crippen molar-refractivity contribution in [3.63, 3.8) is 0 Å². The first-order valence-electron chi connectivity index (χ1n) is 6.39. The van der Waals surface area contributed by atoms with E-state index in [1.54, 1.807) is 4.90 Å². The molecule has 3 atom stereocenters. The second-order valence-electron chi connectivity index (χ2n) is 5.10. The van der Waals surface area contributed by atoms with Crippen molar-refractivity contribution in [2.75, 3.05) is 13.1 Å². The predicted molar refractivity (Wildman–Crippen MR) is 68.3 cm³/mol. The fraction of sp³-hybridized carbons (Fsp3) is 0.750. The van der Waals surface area contributed by atoms with Gasteiger partial charge in [0, 0.05) is 19.1 Å². The number of carboxylic acid groups (broad SMARTS) is 1. The van der Waals surface area contributed by atoms with E-state index in [0.29, 0.717) is 13.0 Å². The van der Waals surface area contributed by atoms with Crippen LogP contribution in [0.3, 0.4) is 0 Å². The number of amides is 3. The Morgan fingerprint density at radius 3 is 2.58 bits per heavy atom. The van der Waals surface area contributed by atoms with E-state index in [4.69, 9.17) is 10.8 Å². The van der Waals surface area contributed by atoms with Crippen LogP contribution in [0.5, 0.6) is 0 Å². The average Bonchev–Trinajstić information content (AvgIpc) is 2.35. The van der Waals surface area contributed by atoms with Gasteiger partial charge < -0.3 is 21.1 Å². The number of nitrogens with one attached hydrogen (secondary N) is 1. The number of carboxylic acids is 1. The summed E-state index contributed by atoms with van der Waals surface area (Å²) in [5.74, 6) is -2.32. The van der Waals surface area contributed by atoms with Gasteiger partial charge in [-0.25, -0.2) is 4.79 Å². The van der Waals surface area contributed by atoms with Crippen molar-refractivity contribution < 1.29 is 19.5 Å². The van der Waals surface area contributed by atoms with E-state index in [1.165, 1.54) is 6.92 Å². The maximum Gasteiger partial charge on any atom is 0.317 e. The van der Waals surface area contributed by atoms with E-state index in [2.05, 4.69) is 5.32 Å². The lowest BCUT2D eigenvalue weighted by Crippen LogP contribution is -2.52. The normalized spacial score (nSPS) is 24.6. The third-order valence-corrected chi connectivity index (χ3v) is 3.53. The molecule has 1 rings (SSSR count). The van der Waals surface area contributed by atoms with Crippen molar-refractivity contribution in [1.82, 2.24) is 10.2 Å². The fourth-order valence-electron chi connectivity index (χ4n) is 2.05. The number of hydrogen-bond acceptors (Lipinski definition) is 3. The third kappa shape index (κ3) is 4.11. The standard InChI is InChI=1S/C12H21N3O4/c1-7(11(17)18)5-14-12(19)15-6-9(10(13)16)4-3-8(15)2/h7-9H,3-6H2,1-2H3,(H2,13,16)(H,14,19)(H,17,18). The second kappa shape index (κ2) is 6.40. The molecule has 1 fully saturated rings. The van der Waals surface area contributed by atoms with Crippen molar-refractivity contribution >= 4 is 17.9 Å². The Bertz CT molecular complexity index is 372. The topological polar surface area (TPSA) is 113 Å². The first kappa shape index (κ1) is 15.3. The van der Waals surface area contributed by atoms with Gasteiger partial charge in [-0.3, -0.25) is 9.59 Å². The zero-order valence-electron chi connectivity index (χ0n) is 11.3. The number of aliphatic carboxylic acids is 1. The van der Waals surface area contributed by atoms with Gasteiger partial charge in [0.15, 0.2) is 0 Å². The fourth-order valence-corrected chi connectivity index (χ4v) is 2.05. The summed E-state index contributed by atoms with van der Waals surface area (Å²) in [6.07, 6.45) is 1.40. The number of primary amides is 1. The van der Waals surface area contributed by atoms with Crippen LogP contribution in [0, 0.1) is 11.8 Å². The van der Waals surface area contributed by atoms with Crippen molar-refractivity contribution in [3.05, 3.63) is 0 Å². The van der Waals surface area contributed by atoms with Crippen LogP contribution in [-0.4, -0.2) is 47.0 Å². The number of carbonyl (C=O) groups is 3. The van der Waals surface area contributed by atoms with Crippen LogP contribution in [0.25, 0.3) is 0 Å². The molecule has 0 saturated carbocycles. The number of urea groups is 1. The van der Waals surface area contributed by atoms with Crippen LogP contribution in [0.1, 0.15) is 26.7 Å². The number of likely N-dealkylation sites (tertiary alicyclic amines) is 1. The van der Waals surface area contributed by atoms with E-state index in [1.807, 2.05) is 6.92 Å². The minimum absolute atomic E-state index is 0.0238. The molecule has 1 heterocycles. The summed E-state index contributed by atoms with van der Waals surface area (Å²) in [5, 5.41) is 11.3. The van der Waals surface area contributed by atoms with Crippen molar-refractivity contribution in [1.29, 1.82) is 0 Å². The van der Waals surface area contributed by atoms with Gasteiger partial charge in [0.25, 0.3) is 0 Å². The molecule has 0 spiro atoms. The molecule has 0 aliphatic carbocycles. The molecule has 7 nitrogen and oxygen atoms in total. The first-order valence-corrected chi connectivity index (χ1v) is 6.39. The quantitative estimate of drug-likeness (QED) is 0.668. The predicted octanol–water partition coefficient (Wildman–Crippen LogP) is 0.00250. The van der Waals surface area contributed by atoms with Gasteiger partial charge in [-0.15, -0.1) is 0 Å². The number of piperidine rings is 1. The number of rotatable bonds is 4. The van der Waals surface area contributed by atoms with Gasteiger partial charge in [-0.05, 0) is 19.8 Å². The third-order valence-electron chi connectivity index (χ3n) is 3.53. The van der Waals surface area contributed by atoms with Gasteiger partial charge in [-0.1, -0.05) is 6.92 Å². The summed E-state index contributed by atoms with van der Waals surface area (Å²) >= 11 is 0. The van der Waals surface area contributed by atoms with E-state index in [-0.39, 0.29) is 24.5 Å². The molecular weight excluding hydrogens is 250 g/mol. The number of hydrogen-bond donors (Lipinski definition) is 3. The zero-order valence-corrected chi connectivity index (χ0v) is 11.3. The summed E-state index contributed by atoms with van der Waals surface area (Å²) in [6, 6.07) is -0.317. The summed E-state index contributed by atoms with van der Waals surface area (Å²) in [7, 11) is 0. The molecule has 0 bridgehead atoms. The van der Waals surface area contributed by atoms with Gasteiger partial charge in [-0.2, -0.15) is 0 Å². The Morgan fingerprint density at radius 2 is 2.05 bits per heavy atom. The second-order valence-corrected chi connectivity index (χ2v) is 5.10. The van der Waals surface area contributed by atoms with Crippen LogP contribution in [0.4, 0.5) is 4.79 Å². The minimum Gasteiger partial charge on any atom is -0.481 e. The molecule has 3 amide bonds. The van der Waals surface area contributed by atoms with Gasteiger partial charge in [0.1, 0.15) is 0 Å². The molecule has 108 valence electrons. The number of carbonyl (C=O) groups excluding carboxylic acids is 2. The lowest BCUT2D eigenvalue weighted by molar-refractivity contribution is -0.140. The SMILES string of the molecule is CC(CNC(=O)N1CC(C(N)=O)CCC1C)C(=O)O. The number of nitrogens with two attached hydrogens (primary N) is 1. The number of nitrogens with zero attached hydrogens (tertiary/aromatic N) is 1. The van der Waals surface area contributed by atoms with Crippen molar-refractivity contribution in [3.8, 4) is 0 Å². The first-order chi connectivity index (χ1) is 8.82. The Hall–Kier alpha value is -1.79.